The molecule has 5 heteroatoms. The SMILES string of the molecule is CC.OC1CCN(CC2CCN(c3ncccn3)CC2)CC1. The third-order valence-electron chi connectivity index (χ3n) is 4.52. The Kier molecular flexibility index (Phi) is 7.06. The Balaban J connectivity index is 0.000000847. The summed E-state index contributed by atoms with van der Waals surface area (Å²) in [5, 5.41) is 9.55. The van der Waals surface area contributed by atoms with Gasteiger partial charge in [0.15, 0.2) is 0 Å². The summed E-state index contributed by atoms with van der Waals surface area (Å²) in [6.45, 7) is 9.43. The summed E-state index contributed by atoms with van der Waals surface area (Å²) in [6, 6.07) is 1.86. The number of aliphatic hydroxyl groups is 1. The molecule has 0 amide bonds. The summed E-state index contributed by atoms with van der Waals surface area (Å²) < 4.78 is 0. The summed E-state index contributed by atoms with van der Waals surface area (Å²) >= 11 is 0. The Labute approximate surface area is 134 Å². The number of aromatic nitrogens is 2. The highest BCUT2D eigenvalue weighted by Crippen LogP contribution is 2.22. The Bertz CT molecular complexity index is 398. The second-order valence-corrected chi connectivity index (χ2v) is 6.01. The van der Waals surface area contributed by atoms with Crippen molar-refractivity contribution >= 4 is 5.95 Å². The van der Waals surface area contributed by atoms with E-state index < -0.39 is 0 Å². The highest BCUT2D eigenvalue weighted by atomic mass is 16.3. The molecule has 0 aliphatic carbocycles. The van der Waals surface area contributed by atoms with Gasteiger partial charge >= 0.3 is 0 Å². The van der Waals surface area contributed by atoms with Gasteiger partial charge in [0.05, 0.1) is 6.10 Å². The summed E-state index contributed by atoms with van der Waals surface area (Å²) in [6.07, 6.45) is 7.88. The third-order valence-corrected chi connectivity index (χ3v) is 4.52. The van der Waals surface area contributed by atoms with Crippen LogP contribution < -0.4 is 4.90 Å². The lowest BCUT2D eigenvalue weighted by molar-refractivity contribution is 0.0723. The maximum atomic E-state index is 9.55. The molecule has 0 unspecified atom stereocenters. The maximum absolute atomic E-state index is 9.55. The van der Waals surface area contributed by atoms with Crippen molar-refractivity contribution in [1.29, 1.82) is 0 Å². The first-order chi connectivity index (χ1) is 10.8. The first kappa shape index (κ1) is 17.2. The largest absolute Gasteiger partial charge is 0.393 e. The number of hydrogen-bond donors (Lipinski definition) is 1. The zero-order valence-electron chi connectivity index (χ0n) is 14.0. The van der Waals surface area contributed by atoms with Crippen LogP contribution >= 0.6 is 0 Å². The minimum atomic E-state index is -0.0664. The molecule has 2 aliphatic rings. The number of likely N-dealkylation sites (tertiary alicyclic amines) is 1. The lowest BCUT2D eigenvalue weighted by atomic mass is 9.95. The second-order valence-electron chi connectivity index (χ2n) is 6.01. The first-order valence-electron chi connectivity index (χ1n) is 8.73. The molecule has 22 heavy (non-hydrogen) atoms. The standard InChI is InChI=1S/C15H24N4O.C2H6/c20-14-4-8-18(9-5-14)12-13-2-10-19(11-3-13)15-16-6-1-7-17-15;1-2/h1,6-7,13-14,20H,2-5,8-12H2;1-2H3. The van der Waals surface area contributed by atoms with Crippen LogP contribution in [0.2, 0.25) is 0 Å². The maximum Gasteiger partial charge on any atom is 0.225 e. The van der Waals surface area contributed by atoms with Gasteiger partial charge in [-0.05, 0) is 37.7 Å². The van der Waals surface area contributed by atoms with Gasteiger partial charge < -0.3 is 14.9 Å². The van der Waals surface area contributed by atoms with E-state index in [-0.39, 0.29) is 6.10 Å². The molecule has 2 saturated heterocycles. The molecule has 1 aromatic rings. The molecule has 1 N–H and O–H groups in total. The van der Waals surface area contributed by atoms with Crippen LogP contribution in [0.3, 0.4) is 0 Å². The molecule has 1 aromatic heterocycles. The van der Waals surface area contributed by atoms with Crippen molar-refractivity contribution in [3.05, 3.63) is 18.5 Å². The fourth-order valence-electron chi connectivity index (χ4n) is 3.24. The lowest BCUT2D eigenvalue weighted by Crippen LogP contribution is -2.42. The lowest BCUT2D eigenvalue weighted by Gasteiger charge is -2.36. The second kappa shape index (κ2) is 9.06. The summed E-state index contributed by atoms with van der Waals surface area (Å²) in [5.74, 6) is 1.65. The van der Waals surface area contributed by atoms with Crippen molar-refractivity contribution in [2.75, 3.05) is 37.6 Å². The monoisotopic (exact) mass is 306 g/mol. The molecule has 3 rings (SSSR count). The molecule has 2 aliphatic heterocycles. The van der Waals surface area contributed by atoms with Crippen LogP contribution in [0.1, 0.15) is 39.5 Å². The summed E-state index contributed by atoms with van der Waals surface area (Å²) in [7, 11) is 0. The van der Waals surface area contributed by atoms with Gasteiger partial charge in [-0.2, -0.15) is 0 Å². The number of piperidine rings is 2. The average molecular weight is 306 g/mol. The van der Waals surface area contributed by atoms with Gasteiger partial charge in [0.2, 0.25) is 5.95 Å². The number of nitrogens with zero attached hydrogens (tertiary/aromatic N) is 4. The van der Waals surface area contributed by atoms with Crippen LogP contribution in [-0.2, 0) is 0 Å². The van der Waals surface area contributed by atoms with Gasteiger partial charge in [0.25, 0.3) is 0 Å². The predicted octanol–water partition coefficient (Wildman–Crippen LogP) is 2.18. The van der Waals surface area contributed by atoms with Crippen molar-refractivity contribution in [2.24, 2.45) is 5.92 Å². The van der Waals surface area contributed by atoms with E-state index in [1.807, 2.05) is 32.3 Å². The van der Waals surface area contributed by atoms with Crippen LogP contribution in [-0.4, -0.2) is 58.8 Å². The van der Waals surface area contributed by atoms with Crippen molar-refractivity contribution < 1.29 is 5.11 Å². The zero-order chi connectivity index (χ0) is 15.8. The van der Waals surface area contributed by atoms with E-state index in [1.54, 1.807) is 0 Å². The van der Waals surface area contributed by atoms with E-state index in [9.17, 15) is 5.11 Å². The summed E-state index contributed by atoms with van der Waals surface area (Å²) in [5.41, 5.74) is 0. The topological polar surface area (TPSA) is 52.5 Å². The van der Waals surface area contributed by atoms with Gasteiger partial charge in [0, 0.05) is 45.1 Å². The Morgan fingerprint density at radius 2 is 1.59 bits per heavy atom. The number of anilines is 1. The van der Waals surface area contributed by atoms with Crippen LogP contribution in [0.15, 0.2) is 18.5 Å². The van der Waals surface area contributed by atoms with Crippen LogP contribution in [0.5, 0.6) is 0 Å². The molecule has 3 heterocycles. The van der Waals surface area contributed by atoms with Gasteiger partial charge in [-0.1, -0.05) is 13.8 Å². The quantitative estimate of drug-likeness (QED) is 0.927. The molecular formula is C17H30N4O. The minimum Gasteiger partial charge on any atom is -0.393 e. The van der Waals surface area contributed by atoms with E-state index in [1.165, 1.54) is 19.4 Å². The molecule has 0 saturated carbocycles. The normalized spacial score (nSPS) is 21.3. The Hall–Kier alpha value is -1.20. The first-order valence-corrected chi connectivity index (χ1v) is 8.73. The molecule has 0 aromatic carbocycles. The van der Waals surface area contributed by atoms with Gasteiger partial charge in [0.1, 0.15) is 0 Å². The van der Waals surface area contributed by atoms with E-state index in [0.29, 0.717) is 0 Å². The smallest absolute Gasteiger partial charge is 0.225 e. The van der Waals surface area contributed by atoms with Gasteiger partial charge in [-0.15, -0.1) is 0 Å². The Morgan fingerprint density at radius 3 is 2.18 bits per heavy atom. The minimum absolute atomic E-state index is 0.0664. The predicted molar refractivity (Wildman–Crippen MR) is 90.0 cm³/mol. The van der Waals surface area contributed by atoms with Gasteiger partial charge in [-0.3, -0.25) is 0 Å². The van der Waals surface area contributed by atoms with E-state index in [0.717, 1.165) is 50.9 Å². The van der Waals surface area contributed by atoms with Gasteiger partial charge in [-0.25, -0.2) is 9.97 Å². The molecule has 0 spiro atoms. The van der Waals surface area contributed by atoms with Crippen LogP contribution in [0.4, 0.5) is 5.95 Å². The van der Waals surface area contributed by atoms with E-state index in [4.69, 9.17) is 0 Å². The van der Waals surface area contributed by atoms with E-state index in [2.05, 4.69) is 19.8 Å². The summed E-state index contributed by atoms with van der Waals surface area (Å²) in [4.78, 5) is 13.5. The molecule has 0 atom stereocenters. The molecule has 124 valence electrons. The van der Waals surface area contributed by atoms with Crippen molar-refractivity contribution in [1.82, 2.24) is 14.9 Å². The number of hydrogen-bond acceptors (Lipinski definition) is 5. The molecule has 0 bridgehead atoms. The number of rotatable bonds is 3. The highest BCUT2D eigenvalue weighted by molar-refractivity contribution is 5.28. The Morgan fingerprint density at radius 1 is 1.00 bits per heavy atom. The zero-order valence-corrected chi connectivity index (χ0v) is 14.0. The average Bonchev–Trinajstić information content (AvgIpc) is 2.60. The molecular weight excluding hydrogens is 276 g/mol. The fraction of sp³-hybridized carbons (Fsp3) is 0.765. The number of aliphatic hydroxyl groups excluding tert-OH is 1. The van der Waals surface area contributed by atoms with E-state index >= 15 is 0 Å². The fourth-order valence-corrected chi connectivity index (χ4v) is 3.24. The highest BCUT2D eigenvalue weighted by Gasteiger charge is 2.24. The van der Waals surface area contributed by atoms with Crippen LogP contribution in [0.25, 0.3) is 0 Å². The van der Waals surface area contributed by atoms with Crippen molar-refractivity contribution in [2.45, 2.75) is 45.6 Å². The molecule has 2 fully saturated rings. The molecule has 5 nitrogen and oxygen atoms in total. The molecule has 0 radical (unpaired) electrons. The third kappa shape index (κ3) is 4.92. The van der Waals surface area contributed by atoms with Crippen LogP contribution in [0, 0.1) is 5.92 Å². The van der Waals surface area contributed by atoms with Crippen molar-refractivity contribution in [3.63, 3.8) is 0 Å². The van der Waals surface area contributed by atoms with Crippen molar-refractivity contribution in [3.8, 4) is 0 Å².